The summed E-state index contributed by atoms with van der Waals surface area (Å²) in [7, 11) is 3.04. The Morgan fingerprint density at radius 3 is 2.42 bits per heavy atom. The minimum atomic E-state index is -0.774. The van der Waals surface area contributed by atoms with Gasteiger partial charge in [-0.15, -0.1) is 0 Å². The van der Waals surface area contributed by atoms with E-state index in [0.717, 1.165) is 0 Å². The van der Waals surface area contributed by atoms with Crippen LogP contribution in [-0.4, -0.2) is 49.1 Å². The molecule has 2 aromatic carbocycles. The first kappa shape index (κ1) is 23.9. The summed E-state index contributed by atoms with van der Waals surface area (Å²) in [5, 5.41) is 11.0. The molecular formula is C26H29NO6. The molecule has 33 heavy (non-hydrogen) atoms. The number of carbonyl (C=O) groups is 2. The molecule has 1 aliphatic rings. The average molecular weight is 452 g/mol. The number of hydrogen-bond acceptors (Lipinski definition) is 6. The standard InChI is InChI=1S/C26H29NO6/c1-6-13-32-20-12-9-18(14-21(20)31-5)23-22(25(29)26(30)27(23)4)24(28)17-7-10-19(11-8-17)33-15-16(2)3/h6-12,14,16,23,28H,1,13,15H2,2-5H3/b24-22-. The van der Waals surface area contributed by atoms with E-state index >= 15 is 0 Å². The van der Waals surface area contributed by atoms with E-state index in [2.05, 4.69) is 20.4 Å². The Kier molecular flexibility index (Phi) is 7.43. The van der Waals surface area contributed by atoms with Crippen LogP contribution in [0.5, 0.6) is 17.2 Å². The SMILES string of the molecule is C=CCOc1ccc(C2/C(=C(/O)c3ccc(OCC(C)C)cc3)C(=O)C(=O)N2C)cc1OC. The Hall–Kier alpha value is -3.74. The lowest BCUT2D eigenvalue weighted by molar-refractivity contribution is -0.139. The predicted molar refractivity (Wildman–Crippen MR) is 126 cm³/mol. The van der Waals surface area contributed by atoms with Gasteiger partial charge < -0.3 is 24.2 Å². The third-order valence-corrected chi connectivity index (χ3v) is 5.25. The lowest BCUT2D eigenvalue weighted by Gasteiger charge is -2.22. The molecule has 0 aromatic heterocycles. The van der Waals surface area contributed by atoms with Crippen LogP contribution in [0.15, 0.2) is 60.7 Å². The number of likely N-dealkylation sites (tertiary alicyclic amines) is 1. The van der Waals surface area contributed by atoms with Crippen LogP contribution in [0.2, 0.25) is 0 Å². The molecule has 1 N–H and O–H groups in total. The second-order valence-corrected chi connectivity index (χ2v) is 8.15. The third-order valence-electron chi connectivity index (χ3n) is 5.25. The van der Waals surface area contributed by atoms with Gasteiger partial charge in [0.05, 0.1) is 25.3 Å². The number of nitrogens with zero attached hydrogens (tertiary/aromatic N) is 1. The number of Topliss-reactive ketones (excluding diaryl/α,β-unsaturated/α-hetero) is 1. The van der Waals surface area contributed by atoms with Gasteiger partial charge in [0.15, 0.2) is 11.5 Å². The number of ether oxygens (including phenoxy) is 3. The number of ketones is 1. The van der Waals surface area contributed by atoms with E-state index in [1.807, 2.05) is 0 Å². The molecule has 174 valence electrons. The summed E-state index contributed by atoms with van der Waals surface area (Å²) >= 11 is 0. The van der Waals surface area contributed by atoms with Crippen molar-refractivity contribution in [3.63, 3.8) is 0 Å². The largest absolute Gasteiger partial charge is 0.507 e. The Morgan fingerprint density at radius 1 is 1.12 bits per heavy atom. The van der Waals surface area contributed by atoms with Crippen LogP contribution in [0.25, 0.3) is 5.76 Å². The van der Waals surface area contributed by atoms with Crippen molar-refractivity contribution in [1.82, 2.24) is 4.90 Å². The predicted octanol–water partition coefficient (Wildman–Crippen LogP) is 4.35. The number of carbonyl (C=O) groups excluding carboxylic acids is 2. The van der Waals surface area contributed by atoms with Crippen LogP contribution in [-0.2, 0) is 9.59 Å². The second kappa shape index (κ2) is 10.3. The minimum Gasteiger partial charge on any atom is -0.507 e. The summed E-state index contributed by atoms with van der Waals surface area (Å²) in [6, 6.07) is 11.1. The summed E-state index contributed by atoms with van der Waals surface area (Å²) in [5.41, 5.74) is 1.04. The molecule has 1 aliphatic heterocycles. The van der Waals surface area contributed by atoms with Gasteiger partial charge in [0, 0.05) is 12.6 Å². The minimum absolute atomic E-state index is 0.0140. The Balaban J connectivity index is 2.00. The normalized spacial score (nSPS) is 17.4. The van der Waals surface area contributed by atoms with Crippen LogP contribution in [0.4, 0.5) is 0 Å². The molecule has 0 spiro atoms. The molecular weight excluding hydrogens is 422 g/mol. The molecule has 7 heteroatoms. The first-order valence-electron chi connectivity index (χ1n) is 10.7. The molecule has 7 nitrogen and oxygen atoms in total. The summed E-state index contributed by atoms with van der Waals surface area (Å²) in [4.78, 5) is 26.7. The molecule has 0 bridgehead atoms. The van der Waals surface area contributed by atoms with Crippen LogP contribution >= 0.6 is 0 Å². The summed E-state index contributed by atoms with van der Waals surface area (Å²) < 4.78 is 16.7. The van der Waals surface area contributed by atoms with Crippen molar-refractivity contribution in [2.45, 2.75) is 19.9 Å². The maximum Gasteiger partial charge on any atom is 0.295 e. The Labute approximate surface area is 193 Å². The lowest BCUT2D eigenvalue weighted by Crippen LogP contribution is -2.24. The molecule has 1 unspecified atom stereocenters. The van der Waals surface area contributed by atoms with Gasteiger partial charge >= 0.3 is 0 Å². The molecule has 0 saturated carbocycles. The second-order valence-electron chi connectivity index (χ2n) is 8.15. The van der Waals surface area contributed by atoms with E-state index in [1.165, 1.54) is 19.1 Å². The van der Waals surface area contributed by atoms with Gasteiger partial charge in [-0.05, 0) is 47.9 Å². The average Bonchev–Trinajstić information content (AvgIpc) is 3.05. The van der Waals surface area contributed by atoms with Gasteiger partial charge in [-0.25, -0.2) is 0 Å². The fourth-order valence-corrected chi connectivity index (χ4v) is 3.59. The quantitative estimate of drug-likeness (QED) is 0.264. The molecule has 1 atom stereocenters. The van der Waals surface area contributed by atoms with E-state index < -0.39 is 17.7 Å². The first-order valence-corrected chi connectivity index (χ1v) is 10.7. The number of amides is 1. The smallest absolute Gasteiger partial charge is 0.295 e. The maximum atomic E-state index is 12.8. The maximum absolute atomic E-state index is 12.8. The number of methoxy groups -OCH3 is 1. The summed E-state index contributed by atoms with van der Waals surface area (Å²) in [5.74, 6) is 0.308. The van der Waals surface area contributed by atoms with E-state index in [1.54, 1.807) is 48.5 Å². The lowest BCUT2D eigenvalue weighted by atomic mass is 9.95. The molecule has 1 amide bonds. The summed E-state index contributed by atoms with van der Waals surface area (Å²) in [6.07, 6.45) is 1.62. The molecule has 1 saturated heterocycles. The number of aliphatic hydroxyl groups is 1. The number of benzene rings is 2. The van der Waals surface area contributed by atoms with Crippen molar-refractivity contribution in [2.24, 2.45) is 5.92 Å². The highest BCUT2D eigenvalue weighted by molar-refractivity contribution is 6.46. The third kappa shape index (κ3) is 5.03. The van der Waals surface area contributed by atoms with Crippen molar-refractivity contribution >= 4 is 17.4 Å². The Bertz CT molecular complexity index is 1070. The van der Waals surface area contributed by atoms with E-state index in [0.29, 0.717) is 47.5 Å². The van der Waals surface area contributed by atoms with Crippen molar-refractivity contribution in [3.05, 3.63) is 71.8 Å². The van der Waals surface area contributed by atoms with Crippen LogP contribution in [0.3, 0.4) is 0 Å². The van der Waals surface area contributed by atoms with Crippen LogP contribution in [0, 0.1) is 5.92 Å². The van der Waals surface area contributed by atoms with Crippen LogP contribution in [0.1, 0.15) is 31.0 Å². The van der Waals surface area contributed by atoms with Crippen molar-refractivity contribution in [3.8, 4) is 17.2 Å². The highest BCUT2D eigenvalue weighted by Crippen LogP contribution is 2.41. The number of aliphatic hydroxyl groups excluding tert-OH is 1. The van der Waals surface area contributed by atoms with E-state index in [9.17, 15) is 14.7 Å². The zero-order valence-electron chi connectivity index (χ0n) is 19.3. The van der Waals surface area contributed by atoms with Gasteiger partial charge in [-0.1, -0.05) is 32.6 Å². The molecule has 1 fully saturated rings. The monoisotopic (exact) mass is 451 g/mol. The first-order chi connectivity index (χ1) is 15.8. The highest BCUT2D eigenvalue weighted by atomic mass is 16.5. The Morgan fingerprint density at radius 2 is 1.82 bits per heavy atom. The number of hydrogen-bond donors (Lipinski definition) is 1. The van der Waals surface area contributed by atoms with E-state index in [-0.39, 0.29) is 11.3 Å². The number of likely N-dealkylation sites (N-methyl/N-ethyl adjacent to an activating group) is 1. The molecule has 3 rings (SSSR count). The molecule has 0 radical (unpaired) electrons. The van der Waals surface area contributed by atoms with Gasteiger partial charge in [0.1, 0.15) is 18.1 Å². The van der Waals surface area contributed by atoms with Gasteiger partial charge in [0.25, 0.3) is 11.7 Å². The molecule has 2 aromatic rings. The van der Waals surface area contributed by atoms with E-state index in [4.69, 9.17) is 14.2 Å². The topological polar surface area (TPSA) is 85.3 Å². The zero-order chi connectivity index (χ0) is 24.1. The van der Waals surface area contributed by atoms with Gasteiger partial charge in [0.2, 0.25) is 0 Å². The van der Waals surface area contributed by atoms with Crippen molar-refractivity contribution < 1.29 is 28.9 Å². The van der Waals surface area contributed by atoms with Gasteiger partial charge in [-0.3, -0.25) is 9.59 Å². The molecule has 1 heterocycles. The fourth-order valence-electron chi connectivity index (χ4n) is 3.59. The highest BCUT2D eigenvalue weighted by Gasteiger charge is 2.44. The summed E-state index contributed by atoms with van der Waals surface area (Å²) in [6.45, 7) is 8.61. The van der Waals surface area contributed by atoms with Crippen molar-refractivity contribution in [1.29, 1.82) is 0 Å². The number of rotatable bonds is 9. The fraction of sp³-hybridized carbons (Fsp3) is 0.308. The molecule has 0 aliphatic carbocycles. The van der Waals surface area contributed by atoms with Gasteiger partial charge in [-0.2, -0.15) is 0 Å². The zero-order valence-corrected chi connectivity index (χ0v) is 19.3. The van der Waals surface area contributed by atoms with Crippen LogP contribution < -0.4 is 14.2 Å². The van der Waals surface area contributed by atoms with Crippen molar-refractivity contribution in [2.75, 3.05) is 27.4 Å².